The van der Waals surface area contributed by atoms with Crippen molar-refractivity contribution in [3.05, 3.63) is 29.8 Å². The van der Waals surface area contributed by atoms with Crippen molar-refractivity contribution in [1.82, 2.24) is 15.5 Å². The first-order chi connectivity index (χ1) is 12.0. The summed E-state index contributed by atoms with van der Waals surface area (Å²) in [5.41, 5.74) is 0.443. The van der Waals surface area contributed by atoms with Crippen molar-refractivity contribution in [2.24, 2.45) is 11.8 Å². The van der Waals surface area contributed by atoms with Gasteiger partial charge in [0.2, 0.25) is 5.91 Å². The third-order valence-electron chi connectivity index (χ3n) is 4.66. The maximum Gasteiger partial charge on any atom is 0.255 e. The third kappa shape index (κ3) is 5.35. The first-order valence-corrected chi connectivity index (χ1v) is 8.85. The number of carbonyl (C=O) groups excluding carboxylic acids is 2. The Hall–Kier alpha value is -1.79. The summed E-state index contributed by atoms with van der Waals surface area (Å²) in [6.07, 6.45) is 0.998. The van der Waals surface area contributed by atoms with Crippen LogP contribution >= 0.6 is 12.4 Å². The monoisotopic (exact) mass is 383 g/mol. The number of hydrogen-bond acceptors (Lipinski definition) is 4. The minimum Gasteiger partial charge on any atom is -0.496 e. The third-order valence-corrected chi connectivity index (χ3v) is 4.66. The molecule has 0 aliphatic carbocycles. The maximum absolute atomic E-state index is 12.9. The maximum atomic E-state index is 12.9. The lowest BCUT2D eigenvalue weighted by Crippen LogP contribution is -2.50. The molecule has 0 saturated carbocycles. The summed E-state index contributed by atoms with van der Waals surface area (Å²) < 4.78 is 5.25. The number of hydrogen-bond donors (Lipinski definition) is 2. The molecule has 0 bridgehead atoms. The van der Waals surface area contributed by atoms with E-state index in [0.29, 0.717) is 17.2 Å². The second-order valence-electron chi connectivity index (χ2n) is 6.89. The fourth-order valence-corrected chi connectivity index (χ4v) is 3.25. The van der Waals surface area contributed by atoms with Crippen LogP contribution in [-0.2, 0) is 4.79 Å². The molecule has 1 aromatic rings. The highest BCUT2D eigenvalue weighted by Crippen LogP contribution is 2.20. The fourth-order valence-electron chi connectivity index (χ4n) is 3.25. The zero-order valence-electron chi connectivity index (χ0n) is 16.0. The van der Waals surface area contributed by atoms with Gasteiger partial charge in [-0.05, 0) is 44.0 Å². The van der Waals surface area contributed by atoms with Crippen LogP contribution < -0.4 is 15.4 Å². The Morgan fingerprint density at radius 2 is 2.00 bits per heavy atom. The van der Waals surface area contributed by atoms with Gasteiger partial charge in [-0.1, -0.05) is 26.0 Å². The highest BCUT2D eigenvalue weighted by Gasteiger charge is 2.33. The Kier molecular flexibility index (Phi) is 8.88. The molecule has 7 heteroatoms. The summed E-state index contributed by atoms with van der Waals surface area (Å²) in [5, 5.41) is 6.07. The van der Waals surface area contributed by atoms with Crippen molar-refractivity contribution >= 4 is 24.2 Å². The smallest absolute Gasteiger partial charge is 0.255 e. The molecule has 0 aromatic heterocycles. The molecule has 1 aliphatic rings. The van der Waals surface area contributed by atoms with Crippen LogP contribution in [0.4, 0.5) is 0 Å². The van der Waals surface area contributed by atoms with Crippen LogP contribution in [0.3, 0.4) is 0 Å². The average molecular weight is 384 g/mol. The van der Waals surface area contributed by atoms with Gasteiger partial charge in [0, 0.05) is 13.1 Å². The van der Waals surface area contributed by atoms with Gasteiger partial charge >= 0.3 is 0 Å². The number of para-hydroxylation sites is 1. The van der Waals surface area contributed by atoms with Crippen LogP contribution in [0.25, 0.3) is 0 Å². The number of methoxy groups -OCH3 is 1. The molecule has 2 rings (SSSR count). The summed E-state index contributed by atoms with van der Waals surface area (Å²) in [5.74, 6) is 0.707. The van der Waals surface area contributed by atoms with E-state index in [1.807, 2.05) is 31.9 Å². The molecule has 1 saturated heterocycles. The van der Waals surface area contributed by atoms with Crippen LogP contribution in [0.15, 0.2) is 24.3 Å². The minimum absolute atomic E-state index is 0. The van der Waals surface area contributed by atoms with Crippen molar-refractivity contribution in [1.29, 1.82) is 0 Å². The number of ether oxygens (including phenoxy) is 1. The minimum atomic E-state index is -0.536. The Morgan fingerprint density at radius 1 is 1.31 bits per heavy atom. The lowest BCUT2D eigenvalue weighted by atomic mass is 10.0. The van der Waals surface area contributed by atoms with Crippen molar-refractivity contribution in [3.8, 4) is 5.75 Å². The molecule has 2 unspecified atom stereocenters. The Bertz CT molecular complexity index is 609. The fraction of sp³-hybridized carbons (Fsp3) is 0.579. The molecule has 2 amide bonds. The summed E-state index contributed by atoms with van der Waals surface area (Å²) >= 11 is 0. The van der Waals surface area contributed by atoms with Gasteiger partial charge in [-0.15, -0.1) is 12.4 Å². The number of likely N-dealkylation sites (tertiary alicyclic amines) is 1. The van der Waals surface area contributed by atoms with E-state index < -0.39 is 6.04 Å². The molecule has 0 spiro atoms. The zero-order valence-corrected chi connectivity index (χ0v) is 16.8. The largest absolute Gasteiger partial charge is 0.496 e. The predicted octanol–water partition coefficient (Wildman–Crippen LogP) is 1.94. The van der Waals surface area contributed by atoms with Crippen molar-refractivity contribution < 1.29 is 14.3 Å². The van der Waals surface area contributed by atoms with Crippen molar-refractivity contribution in [2.75, 3.05) is 33.8 Å². The van der Waals surface area contributed by atoms with E-state index >= 15 is 0 Å². The molecule has 2 atom stereocenters. The standard InChI is InChI=1S/C19H29N3O3.ClH/c1-13(2)17(19(24)22-10-9-14(12-22)11-20-3)21-18(23)15-7-5-6-8-16(15)25-4;/h5-8,13-14,17,20H,9-12H2,1-4H3,(H,21,23);1H. The van der Waals surface area contributed by atoms with E-state index in [1.165, 1.54) is 7.11 Å². The van der Waals surface area contributed by atoms with E-state index in [1.54, 1.807) is 18.2 Å². The molecule has 1 fully saturated rings. The number of carbonyl (C=O) groups is 2. The van der Waals surface area contributed by atoms with Gasteiger partial charge in [0.05, 0.1) is 12.7 Å². The van der Waals surface area contributed by atoms with E-state index in [-0.39, 0.29) is 30.1 Å². The molecular weight excluding hydrogens is 354 g/mol. The topological polar surface area (TPSA) is 70.7 Å². The Balaban J connectivity index is 0.00000338. The van der Waals surface area contributed by atoms with Gasteiger partial charge in [0.15, 0.2) is 0 Å². The lowest BCUT2D eigenvalue weighted by molar-refractivity contribution is -0.133. The number of nitrogens with zero attached hydrogens (tertiary/aromatic N) is 1. The summed E-state index contributed by atoms with van der Waals surface area (Å²) in [6, 6.07) is 6.50. The Labute approximate surface area is 162 Å². The SMILES string of the molecule is CNCC1CCN(C(=O)C(NC(=O)c2ccccc2OC)C(C)C)C1.Cl. The van der Waals surface area contributed by atoms with Crippen LogP contribution in [0.2, 0.25) is 0 Å². The summed E-state index contributed by atoms with van der Waals surface area (Å²) in [7, 11) is 3.46. The second-order valence-corrected chi connectivity index (χ2v) is 6.89. The van der Waals surface area contributed by atoms with E-state index in [2.05, 4.69) is 10.6 Å². The number of halogens is 1. The highest BCUT2D eigenvalue weighted by molar-refractivity contribution is 5.99. The van der Waals surface area contributed by atoms with Crippen LogP contribution in [0.5, 0.6) is 5.75 Å². The molecule has 6 nitrogen and oxygen atoms in total. The first-order valence-electron chi connectivity index (χ1n) is 8.85. The summed E-state index contributed by atoms with van der Waals surface area (Å²) in [4.78, 5) is 27.4. The highest BCUT2D eigenvalue weighted by atomic mass is 35.5. The molecule has 1 aliphatic heterocycles. The lowest BCUT2D eigenvalue weighted by Gasteiger charge is -2.27. The van der Waals surface area contributed by atoms with Gasteiger partial charge < -0.3 is 20.3 Å². The summed E-state index contributed by atoms with van der Waals surface area (Å²) in [6.45, 7) is 6.30. The van der Waals surface area contributed by atoms with Gasteiger partial charge in [-0.2, -0.15) is 0 Å². The molecule has 0 radical (unpaired) electrons. The molecule has 1 aromatic carbocycles. The van der Waals surface area contributed by atoms with E-state index in [0.717, 1.165) is 26.1 Å². The number of amides is 2. The van der Waals surface area contributed by atoms with Gasteiger partial charge in [-0.3, -0.25) is 9.59 Å². The molecule has 2 N–H and O–H groups in total. The zero-order chi connectivity index (χ0) is 18.4. The molecule has 26 heavy (non-hydrogen) atoms. The van der Waals surface area contributed by atoms with Crippen molar-refractivity contribution in [3.63, 3.8) is 0 Å². The molecule has 1 heterocycles. The molecular formula is C19H30ClN3O3. The van der Waals surface area contributed by atoms with Crippen molar-refractivity contribution in [2.45, 2.75) is 26.3 Å². The van der Waals surface area contributed by atoms with Crippen LogP contribution in [-0.4, -0.2) is 56.5 Å². The Morgan fingerprint density at radius 3 is 2.62 bits per heavy atom. The quantitative estimate of drug-likeness (QED) is 0.754. The van der Waals surface area contributed by atoms with Crippen LogP contribution in [0, 0.1) is 11.8 Å². The van der Waals surface area contributed by atoms with Gasteiger partial charge in [-0.25, -0.2) is 0 Å². The molecule has 146 valence electrons. The van der Waals surface area contributed by atoms with Gasteiger partial charge in [0.25, 0.3) is 5.91 Å². The van der Waals surface area contributed by atoms with E-state index in [4.69, 9.17) is 4.74 Å². The normalized spacial score (nSPS) is 17.6. The predicted molar refractivity (Wildman–Crippen MR) is 105 cm³/mol. The van der Waals surface area contributed by atoms with E-state index in [9.17, 15) is 9.59 Å². The number of benzene rings is 1. The average Bonchev–Trinajstić information content (AvgIpc) is 3.07. The first kappa shape index (κ1) is 22.3. The second kappa shape index (κ2) is 10.4. The van der Waals surface area contributed by atoms with Gasteiger partial charge in [0.1, 0.15) is 11.8 Å². The number of nitrogens with one attached hydrogen (secondary N) is 2. The number of rotatable bonds is 7. The van der Waals surface area contributed by atoms with Crippen LogP contribution in [0.1, 0.15) is 30.6 Å².